The highest BCUT2D eigenvalue weighted by Crippen LogP contribution is 2.48. The lowest BCUT2D eigenvalue weighted by atomic mass is 10.2. The first-order valence-corrected chi connectivity index (χ1v) is 11.0. The number of furan rings is 1. The second kappa shape index (κ2) is 7.18. The standard InChI is InChI=1S/C20H20ClN5O4S/c1-23-7-6-11(22-23)15-14-16(24(2)20(29)25(3)19(14)28)17-18(12-4-5-13(21)30-12)31-10(9-27)8-26(15)17/h4-7,10,18,27H,8-9H2,1-3H3/t10-,18-/m0/s1. The van der Waals surface area contributed by atoms with Gasteiger partial charge in [-0.25, -0.2) is 4.79 Å². The molecule has 0 unspecified atom stereocenters. The van der Waals surface area contributed by atoms with Crippen LogP contribution in [0.4, 0.5) is 0 Å². The van der Waals surface area contributed by atoms with Crippen LogP contribution < -0.4 is 11.2 Å². The molecule has 31 heavy (non-hydrogen) atoms. The molecule has 162 valence electrons. The zero-order chi connectivity index (χ0) is 22.0. The highest BCUT2D eigenvalue weighted by atomic mass is 35.5. The molecule has 4 aromatic heterocycles. The van der Waals surface area contributed by atoms with E-state index < -0.39 is 5.69 Å². The first kappa shape index (κ1) is 20.2. The van der Waals surface area contributed by atoms with Gasteiger partial charge in [-0.1, -0.05) is 0 Å². The lowest BCUT2D eigenvalue weighted by molar-refractivity contribution is 0.283. The normalized spacial score (nSPS) is 18.6. The summed E-state index contributed by atoms with van der Waals surface area (Å²) in [7, 11) is 4.93. The van der Waals surface area contributed by atoms with Crippen molar-refractivity contribution in [3.8, 4) is 11.4 Å². The number of hydrogen-bond acceptors (Lipinski definition) is 6. The molecule has 0 aliphatic carbocycles. The molecule has 9 nitrogen and oxygen atoms in total. The van der Waals surface area contributed by atoms with Crippen molar-refractivity contribution >= 4 is 34.3 Å². The predicted molar refractivity (Wildman–Crippen MR) is 119 cm³/mol. The largest absolute Gasteiger partial charge is 0.448 e. The van der Waals surface area contributed by atoms with E-state index in [2.05, 4.69) is 5.10 Å². The van der Waals surface area contributed by atoms with E-state index in [-0.39, 0.29) is 27.9 Å². The van der Waals surface area contributed by atoms with Gasteiger partial charge in [-0.05, 0) is 29.8 Å². The Kier molecular flexibility index (Phi) is 4.68. The van der Waals surface area contributed by atoms with Crippen molar-refractivity contribution in [1.82, 2.24) is 23.5 Å². The summed E-state index contributed by atoms with van der Waals surface area (Å²) >= 11 is 7.57. The van der Waals surface area contributed by atoms with Gasteiger partial charge in [-0.15, -0.1) is 11.8 Å². The van der Waals surface area contributed by atoms with Gasteiger partial charge in [-0.3, -0.25) is 18.6 Å². The number of fused-ring (bicyclic) bond motifs is 3. The first-order valence-electron chi connectivity index (χ1n) is 9.65. The van der Waals surface area contributed by atoms with Crippen molar-refractivity contribution in [3.05, 3.63) is 61.9 Å². The van der Waals surface area contributed by atoms with Crippen LogP contribution in [0.5, 0.6) is 0 Å². The maximum Gasteiger partial charge on any atom is 0.331 e. The summed E-state index contributed by atoms with van der Waals surface area (Å²) in [5.41, 5.74) is 1.74. The third kappa shape index (κ3) is 2.93. The molecule has 1 aliphatic rings. The van der Waals surface area contributed by atoms with Crippen molar-refractivity contribution in [2.24, 2.45) is 21.1 Å². The summed E-state index contributed by atoms with van der Waals surface area (Å²) in [5, 5.41) is 14.7. The Morgan fingerprint density at radius 3 is 2.61 bits per heavy atom. The lowest BCUT2D eigenvalue weighted by Crippen LogP contribution is -2.37. The number of halogens is 1. The van der Waals surface area contributed by atoms with Crippen molar-refractivity contribution in [2.45, 2.75) is 17.0 Å². The molecule has 0 saturated carbocycles. The smallest absolute Gasteiger partial charge is 0.331 e. The monoisotopic (exact) mass is 461 g/mol. The van der Waals surface area contributed by atoms with Gasteiger partial charge < -0.3 is 14.1 Å². The van der Waals surface area contributed by atoms with E-state index in [0.29, 0.717) is 34.6 Å². The Balaban J connectivity index is 1.96. The average molecular weight is 462 g/mol. The van der Waals surface area contributed by atoms with Crippen molar-refractivity contribution in [1.29, 1.82) is 0 Å². The van der Waals surface area contributed by atoms with E-state index in [1.807, 2.05) is 10.6 Å². The van der Waals surface area contributed by atoms with Gasteiger partial charge in [0.25, 0.3) is 5.56 Å². The van der Waals surface area contributed by atoms with Crippen LogP contribution in [0.25, 0.3) is 22.3 Å². The number of aromatic nitrogens is 5. The van der Waals surface area contributed by atoms with Crippen molar-refractivity contribution < 1.29 is 9.52 Å². The third-order valence-electron chi connectivity index (χ3n) is 5.68. The van der Waals surface area contributed by atoms with Crippen molar-refractivity contribution in [2.75, 3.05) is 6.61 Å². The highest BCUT2D eigenvalue weighted by molar-refractivity contribution is 8.00. The zero-order valence-corrected chi connectivity index (χ0v) is 18.6. The number of aliphatic hydroxyl groups excluding tert-OH is 1. The van der Waals surface area contributed by atoms with Crippen LogP contribution in [0.15, 0.2) is 38.4 Å². The molecule has 5 rings (SSSR count). The Morgan fingerprint density at radius 1 is 1.23 bits per heavy atom. The maximum absolute atomic E-state index is 13.3. The van der Waals surface area contributed by atoms with E-state index in [1.165, 1.54) is 23.4 Å². The third-order valence-corrected chi connectivity index (χ3v) is 7.29. The van der Waals surface area contributed by atoms with Crippen LogP contribution in [0.2, 0.25) is 5.22 Å². The fraction of sp³-hybridized carbons (Fsp3) is 0.350. The molecule has 1 N–H and O–H groups in total. The topological polar surface area (TPSA) is 100 Å². The van der Waals surface area contributed by atoms with Gasteiger partial charge in [0.05, 0.1) is 28.9 Å². The number of hydrogen-bond donors (Lipinski definition) is 1. The summed E-state index contributed by atoms with van der Waals surface area (Å²) in [6, 6.07) is 5.27. The van der Waals surface area contributed by atoms with Crippen LogP contribution in [0, 0.1) is 0 Å². The van der Waals surface area contributed by atoms with Gasteiger partial charge in [0.2, 0.25) is 0 Å². The molecule has 1 aliphatic heterocycles. The first-order chi connectivity index (χ1) is 14.8. The zero-order valence-electron chi connectivity index (χ0n) is 17.1. The van der Waals surface area contributed by atoms with E-state index in [4.69, 9.17) is 16.0 Å². The van der Waals surface area contributed by atoms with Gasteiger partial charge in [0.15, 0.2) is 5.22 Å². The summed E-state index contributed by atoms with van der Waals surface area (Å²) < 4.78 is 12.0. The van der Waals surface area contributed by atoms with Crippen LogP contribution in [0.3, 0.4) is 0 Å². The second-order valence-corrected chi connectivity index (χ2v) is 9.39. The fourth-order valence-electron chi connectivity index (χ4n) is 4.28. The predicted octanol–water partition coefficient (Wildman–Crippen LogP) is 1.88. The minimum atomic E-state index is -0.413. The Bertz CT molecular complexity index is 1440. The molecule has 4 aromatic rings. The summed E-state index contributed by atoms with van der Waals surface area (Å²) in [5.74, 6) is 0.592. The van der Waals surface area contributed by atoms with Crippen LogP contribution in [-0.2, 0) is 27.7 Å². The molecule has 0 radical (unpaired) electrons. The number of aliphatic hydroxyl groups is 1. The van der Waals surface area contributed by atoms with Crippen LogP contribution in [0.1, 0.15) is 16.7 Å². The number of rotatable bonds is 3. The van der Waals surface area contributed by atoms with Gasteiger partial charge in [-0.2, -0.15) is 5.10 Å². The molecular formula is C20H20ClN5O4S. The van der Waals surface area contributed by atoms with E-state index in [9.17, 15) is 14.7 Å². The maximum atomic E-state index is 13.3. The molecule has 0 fully saturated rings. The van der Waals surface area contributed by atoms with Crippen LogP contribution >= 0.6 is 23.4 Å². The highest BCUT2D eigenvalue weighted by Gasteiger charge is 2.38. The second-order valence-electron chi connectivity index (χ2n) is 7.61. The number of aryl methyl sites for hydroxylation is 2. The lowest BCUT2D eigenvalue weighted by Gasteiger charge is -2.30. The number of thioether (sulfide) groups is 1. The quantitative estimate of drug-likeness (QED) is 0.500. The fourth-order valence-corrected chi connectivity index (χ4v) is 5.77. The molecule has 2 atom stereocenters. The molecule has 5 heterocycles. The number of nitrogens with zero attached hydrogens (tertiary/aromatic N) is 5. The molecule has 0 aromatic carbocycles. The summed E-state index contributed by atoms with van der Waals surface area (Å²) in [6.07, 6.45) is 1.80. The van der Waals surface area contributed by atoms with Crippen LogP contribution in [-0.4, -0.2) is 40.4 Å². The van der Waals surface area contributed by atoms with E-state index >= 15 is 0 Å². The summed E-state index contributed by atoms with van der Waals surface area (Å²) in [6.45, 7) is 0.404. The van der Waals surface area contributed by atoms with Crippen molar-refractivity contribution in [3.63, 3.8) is 0 Å². The minimum absolute atomic E-state index is 0.0534. The molecule has 0 spiro atoms. The molecule has 0 saturated heterocycles. The Morgan fingerprint density at radius 2 is 2.00 bits per heavy atom. The SMILES string of the molecule is Cn1ccc(-c2c3c(=O)n(C)c(=O)n(C)c3c3n2C[C@@H](CO)S[C@H]3c2ccc(Cl)o2)n1. The average Bonchev–Trinajstić information content (AvgIpc) is 3.46. The van der Waals surface area contributed by atoms with E-state index in [1.54, 1.807) is 37.1 Å². The Labute approximate surface area is 185 Å². The van der Waals surface area contributed by atoms with Gasteiger partial charge >= 0.3 is 5.69 Å². The molecular weight excluding hydrogens is 442 g/mol. The van der Waals surface area contributed by atoms with E-state index in [0.717, 1.165) is 10.3 Å². The summed E-state index contributed by atoms with van der Waals surface area (Å²) in [4.78, 5) is 26.1. The molecule has 0 bridgehead atoms. The molecule has 0 amide bonds. The van der Waals surface area contributed by atoms with Gasteiger partial charge in [0.1, 0.15) is 16.7 Å². The minimum Gasteiger partial charge on any atom is -0.448 e. The molecule has 11 heteroatoms. The van der Waals surface area contributed by atoms with Gasteiger partial charge in [0, 0.05) is 39.1 Å². The Hall–Kier alpha value is -2.69.